The fourth-order valence-electron chi connectivity index (χ4n) is 3.77. The highest BCUT2D eigenvalue weighted by Crippen LogP contribution is 2.32. The van der Waals surface area contributed by atoms with Crippen molar-refractivity contribution in [3.05, 3.63) is 6.33 Å². The summed E-state index contributed by atoms with van der Waals surface area (Å²) in [4.78, 5) is 12.7. The average Bonchev–Trinajstić information content (AvgIpc) is 3.24. The van der Waals surface area contributed by atoms with Gasteiger partial charge in [-0.15, -0.1) is 0 Å². The summed E-state index contributed by atoms with van der Waals surface area (Å²) in [6.45, 7) is -0.416. The summed E-state index contributed by atoms with van der Waals surface area (Å²) in [5, 5.41) is 33.8. The van der Waals surface area contributed by atoms with Gasteiger partial charge in [0.05, 0.1) is 12.9 Å². The van der Waals surface area contributed by atoms with E-state index in [1.54, 1.807) is 0 Å². The van der Waals surface area contributed by atoms with E-state index in [4.69, 9.17) is 10.5 Å². The molecule has 3 heterocycles. The van der Waals surface area contributed by atoms with Crippen LogP contribution in [-0.2, 0) is 4.74 Å². The Morgan fingerprint density at radius 3 is 2.75 bits per heavy atom. The Hall–Kier alpha value is -2.34. The first-order chi connectivity index (χ1) is 13.6. The van der Waals surface area contributed by atoms with Gasteiger partial charge in [-0.05, 0) is 18.8 Å². The van der Waals surface area contributed by atoms with Gasteiger partial charge in [0, 0.05) is 6.21 Å². The fourth-order valence-corrected chi connectivity index (χ4v) is 3.77. The zero-order valence-electron chi connectivity index (χ0n) is 15.3. The molecule has 6 N–H and O–H groups in total. The van der Waals surface area contributed by atoms with E-state index in [9.17, 15) is 15.3 Å². The molecule has 1 aliphatic carbocycles. The monoisotopic (exact) mass is 391 g/mol. The summed E-state index contributed by atoms with van der Waals surface area (Å²) in [6, 6.07) is 0. The van der Waals surface area contributed by atoms with Crippen molar-refractivity contribution in [1.29, 1.82) is 0 Å². The minimum absolute atomic E-state index is 0.158. The number of fused-ring (bicyclic) bond motifs is 1. The van der Waals surface area contributed by atoms with Crippen molar-refractivity contribution in [2.75, 3.05) is 17.8 Å². The van der Waals surface area contributed by atoms with Crippen LogP contribution in [0, 0.1) is 5.92 Å². The summed E-state index contributed by atoms with van der Waals surface area (Å²) in [5.41, 5.74) is 9.47. The van der Waals surface area contributed by atoms with E-state index in [1.807, 2.05) is 6.21 Å². The molecular weight excluding hydrogens is 366 g/mol. The molecule has 1 saturated carbocycles. The summed E-state index contributed by atoms with van der Waals surface area (Å²) in [7, 11) is 0. The number of nitrogens with one attached hydrogen (secondary N) is 1. The van der Waals surface area contributed by atoms with E-state index in [0.29, 0.717) is 17.1 Å². The van der Waals surface area contributed by atoms with Crippen molar-refractivity contribution in [2.24, 2.45) is 11.0 Å². The Morgan fingerprint density at radius 2 is 2.04 bits per heavy atom. The van der Waals surface area contributed by atoms with Crippen LogP contribution in [0.3, 0.4) is 0 Å². The number of rotatable bonds is 5. The third kappa shape index (κ3) is 3.53. The molecule has 0 spiro atoms. The van der Waals surface area contributed by atoms with Crippen LogP contribution in [0.1, 0.15) is 38.3 Å². The first-order valence-electron chi connectivity index (χ1n) is 9.50. The Kier molecular flexibility index (Phi) is 5.40. The maximum atomic E-state index is 10.3. The minimum Gasteiger partial charge on any atom is -0.394 e. The van der Waals surface area contributed by atoms with Crippen LogP contribution < -0.4 is 11.2 Å². The maximum absolute atomic E-state index is 10.3. The molecule has 2 aromatic heterocycles. The van der Waals surface area contributed by atoms with Crippen molar-refractivity contribution in [1.82, 2.24) is 19.5 Å². The number of hydrogen-bond acceptors (Lipinski definition) is 10. The quantitative estimate of drug-likeness (QED) is 0.348. The van der Waals surface area contributed by atoms with Gasteiger partial charge in [-0.2, -0.15) is 15.1 Å². The lowest BCUT2D eigenvalue weighted by Gasteiger charge is -2.17. The first-order valence-corrected chi connectivity index (χ1v) is 9.50. The molecule has 152 valence electrons. The van der Waals surface area contributed by atoms with Crippen LogP contribution >= 0.6 is 0 Å². The van der Waals surface area contributed by atoms with Gasteiger partial charge in [-0.1, -0.05) is 19.3 Å². The SMILES string of the molecule is Nc1nc(N/N=C/C2CCCCC2)nc2c1ncn2[C@@H]1O[C@H](CO)C(O)C1O. The van der Waals surface area contributed by atoms with E-state index < -0.39 is 31.1 Å². The Bertz CT molecular complexity index is 851. The number of aromatic nitrogens is 4. The van der Waals surface area contributed by atoms with Crippen LogP contribution in [0.5, 0.6) is 0 Å². The van der Waals surface area contributed by atoms with Gasteiger partial charge >= 0.3 is 0 Å². The number of nitrogens with zero attached hydrogens (tertiary/aromatic N) is 5. The molecule has 2 aromatic rings. The van der Waals surface area contributed by atoms with E-state index in [0.717, 1.165) is 12.8 Å². The number of nitrogen functional groups attached to an aromatic ring is 1. The molecule has 0 aromatic carbocycles. The largest absolute Gasteiger partial charge is 0.394 e. The molecule has 2 fully saturated rings. The number of aliphatic hydroxyl groups excluding tert-OH is 3. The van der Waals surface area contributed by atoms with Crippen molar-refractivity contribution in [3.8, 4) is 0 Å². The molecule has 11 nitrogen and oxygen atoms in total. The third-order valence-corrected chi connectivity index (χ3v) is 5.34. The van der Waals surface area contributed by atoms with Crippen molar-refractivity contribution < 1.29 is 20.1 Å². The molecule has 4 rings (SSSR count). The Morgan fingerprint density at radius 1 is 1.25 bits per heavy atom. The zero-order valence-corrected chi connectivity index (χ0v) is 15.3. The van der Waals surface area contributed by atoms with Gasteiger partial charge < -0.3 is 25.8 Å². The lowest BCUT2D eigenvalue weighted by atomic mass is 9.90. The molecule has 2 aliphatic rings. The van der Waals surface area contributed by atoms with Gasteiger partial charge in [0.15, 0.2) is 17.7 Å². The van der Waals surface area contributed by atoms with Crippen LogP contribution in [0.2, 0.25) is 0 Å². The second-order valence-electron chi connectivity index (χ2n) is 7.27. The average molecular weight is 391 g/mol. The predicted octanol–water partition coefficient (Wildman–Crippen LogP) is -0.00200. The summed E-state index contributed by atoms with van der Waals surface area (Å²) in [6.07, 6.45) is 4.95. The van der Waals surface area contributed by atoms with E-state index >= 15 is 0 Å². The summed E-state index contributed by atoms with van der Waals surface area (Å²) >= 11 is 0. The first kappa shape index (κ1) is 19.0. The molecule has 0 amide bonds. The molecule has 4 atom stereocenters. The van der Waals surface area contributed by atoms with Crippen molar-refractivity contribution >= 4 is 29.1 Å². The number of anilines is 2. The van der Waals surface area contributed by atoms with Crippen LogP contribution in [-0.4, -0.2) is 66.0 Å². The number of ether oxygens (including phenoxy) is 1. The second kappa shape index (κ2) is 7.95. The van der Waals surface area contributed by atoms with Crippen LogP contribution in [0.15, 0.2) is 11.4 Å². The van der Waals surface area contributed by atoms with Gasteiger partial charge in [0.25, 0.3) is 0 Å². The molecule has 0 radical (unpaired) electrons. The highest BCUT2D eigenvalue weighted by atomic mass is 16.6. The lowest BCUT2D eigenvalue weighted by molar-refractivity contribution is -0.0511. The molecule has 1 saturated heterocycles. The normalized spacial score (nSPS) is 29.1. The smallest absolute Gasteiger partial charge is 0.247 e. The van der Waals surface area contributed by atoms with E-state index in [-0.39, 0.29) is 11.8 Å². The molecular formula is C17H25N7O4. The van der Waals surface area contributed by atoms with Gasteiger partial charge in [0.2, 0.25) is 5.95 Å². The highest BCUT2D eigenvalue weighted by molar-refractivity contribution is 5.83. The molecule has 0 bridgehead atoms. The maximum Gasteiger partial charge on any atom is 0.247 e. The van der Waals surface area contributed by atoms with Crippen LogP contribution in [0.25, 0.3) is 11.2 Å². The highest BCUT2D eigenvalue weighted by Gasteiger charge is 2.44. The fraction of sp³-hybridized carbons (Fsp3) is 0.647. The van der Waals surface area contributed by atoms with Crippen LogP contribution in [0.4, 0.5) is 11.8 Å². The van der Waals surface area contributed by atoms with Crippen molar-refractivity contribution in [3.63, 3.8) is 0 Å². The molecule has 2 unspecified atom stereocenters. The predicted molar refractivity (Wildman–Crippen MR) is 101 cm³/mol. The Labute approximate surface area is 161 Å². The van der Waals surface area contributed by atoms with Gasteiger partial charge in [0.1, 0.15) is 23.8 Å². The molecule has 1 aliphatic heterocycles. The summed E-state index contributed by atoms with van der Waals surface area (Å²) in [5.74, 6) is 0.809. The number of hydrazone groups is 1. The second-order valence-corrected chi connectivity index (χ2v) is 7.27. The standard InChI is InChI=1S/C17H25N7O4/c18-14-11-15(22-17(21-14)23-20-6-9-4-2-1-3-5-9)24(8-19-11)16-13(27)12(26)10(7-25)28-16/h6,8-10,12-13,16,25-27H,1-5,7H2,(H3,18,21,22,23)/b20-6+/t10-,12?,13?,16-/m1/s1. The number of nitrogens with two attached hydrogens (primary N) is 1. The third-order valence-electron chi connectivity index (χ3n) is 5.34. The topological polar surface area (TPSA) is 164 Å². The lowest BCUT2D eigenvalue weighted by Crippen LogP contribution is -2.33. The number of aliphatic hydroxyl groups is 3. The Balaban J connectivity index is 1.57. The van der Waals surface area contributed by atoms with Gasteiger partial charge in [-0.3, -0.25) is 4.57 Å². The zero-order chi connectivity index (χ0) is 19.7. The van der Waals surface area contributed by atoms with E-state index in [2.05, 4.69) is 25.5 Å². The summed E-state index contributed by atoms with van der Waals surface area (Å²) < 4.78 is 7.01. The molecule has 11 heteroatoms. The van der Waals surface area contributed by atoms with Crippen molar-refractivity contribution in [2.45, 2.75) is 56.6 Å². The molecule has 28 heavy (non-hydrogen) atoms. The van der Waals surface area contributed by atoms with Gasteiger partial charge in [-0.25, -0.2) is 10.4 Å². The number of hydrogen-bond donors (Lipinski definition) is 5. The minimum atomic E-state index is -1.24. The number of imidazole rings is 1. The van der Waals surface area contributed by atoms with E-state index in [1.165, 1.54) is 30.2 Å².